The molecule has 9 heteroatoms. The van der Waals surface area contributed by atoms with Crippen molar-refractivity contribution in [3.8, 4) is 0 Å². The summed E-state index contributed by atoms with van der Waals surface area (Å²) >= 11 is 0.983. The van der Waals surface area contributed by atoms with Gasteiger partial charge in [0.15, 0.2) is 0 Å². The molecule has 100 valence electrons. The molecule has 1 N–H and O–H groups in total. The summed E-state index contributed by atoms with van der Waals surface area (Å²) < 4.78 is 37.9. The van der Waals surface area contributed by atoms with Crippen LogP contribution in [-0.4, -0.2) is 27.0 Å². The summed E-state index contributed by atoms with van der Waals surface area (Å²) in [5, 5.41) is 3.17. The number of nitrogens with one attached hydrogen (secondary N) is 1. The van der Waals surface area contributed by atoms with Crippen molar-refractivity contribution in [2.24, 2.45) is 0 Å². The Morgan fingerprint density at radius 1 is 1.16 bits per heavy atom. The van der Waals surface area contributed by atoms with Gasteiger partial charge in [-0.2, -0.15) is 13.2 Å². The van der Waals surface area contributed by atoms with Gasteiger partial charge in [-0.3, -0.25) is 4.98 Å². The lowest BCUT2D eigenvalue weighted by Crippen LogP contribution is -2.12. The Balaban J connectivity index is 2.35. The normalized spacial score (nSPS) is 11.4. The van der Waals surface area contributed by atoms with Crippen LogP contribution in [0.1, 0.15) is 5.82 Å². The predicted octanol–water partition coefficient (Wildman–Crippen LogP) is 2.48. The summed E-state index contributed by atoms with van der Waals surface area (Å²) in [6.07, 6.45) is -0.221. The number of hydrogen-bond donors (Lipinski definition) is 1. The number of halogens is 3. The molecule has 0 aliphatic heterocycles. The average Bonchev–Trinajstić information content (AvgIpc) is 2.38. The van der Waals surface area contributed by atoms with E-state index < -0.39 is 12.0 Å². The zero-order chi connectivity index (χ0) is 13.9. The highest BCUT2D eigenvalue weighted by atomic mass is 32.2. The number of anilines is 1. The summed E-state index contributed by atoms with van der Waals surface area (Å²) in [5.74, 6) is -1.10. The molecule has 0 saturated heterocycles. The molecular weight excluding hydrogens is 279 g/mol. The van der Waals surface area contributed by atoms with Gasteiger partial charge in [0.1, 0.15) is 15.9 Å². The molecule has 0 unspecified atom stereocenters. The van der Waals surface area contributed by atoms with Crippen LogP contribution in [0.2, 0.25) is 0 Å². The Labute approximate surface area is 110 Å². The van der Waals surface area contributed by atoms with Gasteiger partial charge in [0, 0.05) is 25.5 Å². The van der Waals surface area contributed by atoms with Gasteiger partial charge in [-0.25, -0.2) is 15.0 Å². The number of rotatable bonds is 3. The fourth-order valence-corrected chi connectivity index (χ4v) is 1.92. The molecule has 2 rings (SSSR count). The SMILES string of the molecule is CNc1cc(Sc2cnccn2)nc(C(F)(F)F)n1. The minimum atomic E-state index is -4.59. The van der Waals surface area contributed by atoms with E-state index in [9.17, 15) is 13.2 Å². The minimum Gasteiger partial charge on any atom is -0.373 e. The largest absolute Gasteiger partial charge is 0.451 e. The Morgan fingerprint density at radius 3 is 2.53 bits per heavy atom. The first kappa shape index (κ1) is 13.5. The molecule has 0 radical (unpaired) electrons. The van der Waals surface area contributed by atoms with Crippen LogP contribution in [0.25, 0.3) is 0 Å². The summed E-state index contributed by atoms with van der Waals surface area (Å²) in [4.78, 5) is 14.6. The van der Waals surface area contributed by atoms with Crippen molar-refractivity contribution in [3.05, 3.63) is 30.5 Å². The smallest absolute Gasteiger partial charge is 0.373 e. The van der Waals surface area contributed by atoms with E-state index in [0.717, 1.165) is 11.8 Å². The maximum atomic E-state index is 12.6. The van der Waals surface area contributed by atoms with Crippen LogP contribution in [0, 0.1) is 0 Å². The molecule has 0 amide bonds. The Bertz CT molecular complexity index is 561. The molecule has 0 fully saturated rings. The Kier molecular flexibility index (Phi) is 3.84. The first-order valence-corrected chi connectivity index (χ1v) is 5.88. The van der Waals surface area contributed by atoms with E-state index >= 15 is 0 Å². The predicted molar refractivity (Wildman–Crippen MR) is 62.7 cm³/mol. The Hall–Kier alpha value is -1.90. The summed E-state index contributed by atoms with van der Waals surface area (Å²) in [5.41, 5.74) is 0. The van der Waals surface area contributed by atoms with Crippen LogP contribution in [0.4, 0.5) is 19.0 Å². The van der Waals surface area contributed by atoms with E-state index in [1.807, 2.05) is 0 Å². The summed E-state index contributed by atoms with van der Waals surface area (Å²) in [6, 6.07) is 1.41. The van der Waals surface area contributed by atoms with Crippen LogP contribution >= 0.6 is 11.8 Å². The topological polar surface area (TPSA) is 63.6 Å². The van der Waals surface area contributed by atoms with E-state index in [1.54, 1.807) is 0 Å². The lowest BCUT2D eigenvalue weighted by molar-refractivity contribution is -0.145. The fraction of sp³-hybridized carbons (Fsp3) is 0.200. The quantitative estimate of drug-likeness (QED) is 0.875. The second-order valence-corrected chi connectivity index (χ2v) is 4.35. The van der Waals surface area contributed by atoms with Crippen molar-refractivity contribution in [2.45, 2.75) is 16.2 Å². The van der Waals surface area contributed by atoms with Crippen molar-refractivity contribution >= 4 is 17.6 Å². The van der Waals surface area contributed by atoms with E-state index in [0.29, 0.717) is 5.03 Å². The molecule has 2 aromatic rings. The van der Waals surface area contributed by atoms with Crippen LogP contribution < -0.4 is 5.32 Å². The summed E-state index contributed by atoms with van der Waals surface area (Å²) in [6.45, 7) is 0. The van der Waals surface area contributed by atoms with E-state index in [-0.39, 0.29) is 10.8 Å². The van der Waals surface area contributed by atoms with Gasteiger partial charge < -0.3 is 5.32 Å². The number of hydrogen-bond acceptors (Lipinski definition) is 6. The standard InChI is InChI=1S/C10H8F3N5S/c1-14-6-4-7(18-9(17-6)10(11,12)13)19-8-5-15-2-3-16-8/h2-5H,1H3,(H,14,17,18). The maximum absolute atomic E-state index is 12.6. The van der Waals surface area contributed by atoms with E-state index in [1.165, 1.54) is 31.7 Å². The molecule has 0 spiro atoms. The van der Waals surface area contributed by atoms with Crippen LogP contribution in [0.15, 0.2) is 34.7 Å². The molecule has 2 aromatic heterocycles. The highest BCUT2D eigenvalue weighted by molar-refractivity contribution is 7.99. The lowest BCUT2D eigenvalue weighted by Gasteiger charge is -2.09. The highest BCUT2D eigenvalue weighted by Gasteiger charge is 2.35. The Morgan fingerprint density at radius 2 is 1.95 bits per heavy atom. The van der Waals surface area contributed by atoms with Crippen molar-refractivity contribution in [1.82, 2.24) is 19.9 Å². The van der Waals surface area contributed by atoms with E-state index in [2.05, 4.69) is 25.3 Å². The van der Waals surface area contributed by atoms with Gasteiger partial charge >= 0.3 is 6.18 Å². The third kappa shape index (κ3) is 3.53. The zero-order valence-corrected chi connectivity index (χ0v) is 10.5. The van der Waals surface area contributed by atoms with Crippen molar-refractivity contribution in [3.63, 3.8) is 0 Å². The number of nitrogens with zero attached hydrogens (tertiary/aromatic N) is 4. The van der Waals surface area contributed by atoms with Gasteiger partial charge in [-0.05, 0) is 11.8 Å². The molecule has 2 heterocycles. The third-order valence-electron chi connectivity index (χ3n) is 1.96. The third-order valence-corrected chi connectivity index (χ3v) is 2.80. The molecule has 0 atom stereocenters. The molecule has 0 aliphatic rings. The van der Waals surface area contributed by atoms with Gasteiger partial charge in [-0.1, -0.05) is 0 Å². The molecule has 19 heavy (non-hydrogen) atoms. The van der Waals surface area contributed by atoms with Crippen molar-refractivity contribution in [2.75, 3.05) is 12.4 Å². The van der Waals surface area contributed by atoms with Gasteiger partial charge in [-0.15, -0.1) is 0 Å². The van der Waals surface area contributed by atoms with Crippen molar-refractivity contribution in [1.29, 1.82) is 0 Å². The second kappa shape index (κ2) is 5.39. The maximum Gasteiger partial charge on any atom is 0.451 e. The number of alkyl halides is 3. The zero-order valence-electron chi connectivity index (χ0n) is 9.64. The van der Waals surface area contributed by atoms with Crippen LogP contribution in [0.5, 0.6) is 0 Å². The van der Waals surface area contributed by atoms with Crippen molar-refractivity contribution < 1.29 is 13.2 Å². The molecular formula is C10H8F3N5S. The van der Waals surface area contributed by atoms with Gasteiger partial charge in [0.2, 0.25) is 5.82 Å². The number of aromatic nitrogens is 4. The molecule has 5 nitrogen and oxygen atoms in total. The highest BCUT2D eigenvalue weighted by Crippen LogP contribution is 2.31. The average molecular weight is 287 g/mol. The second-order valence-electron chi connectivity index (χ2n) is 3.31. The van der Waals surface area contributed by atoms with Crippen LogP contribution in [-0.2, 0) is 6.18 Å². The molecule has 0 aliphatic carbocycles. The molecule has 0 saturated carbocycles. The first-order chi connectivity index (χ1) is 8.99. The van der Waals surface area contributed by atoms with Gasteiger partial charge in [0.25, 0.3) is 0 Å². The fourth-order valence-electron chi connectivity index (χ4n) is 1.18. The minimum absolute atomic E-state index is 0.0914. The first-order valence-electron chi connectivity index (χ1n) is 5.07. The molecule has 0 bridgehead atoms. The monoisotopic (exact) mass is 287 g/mol. The van der Waals surface area contributed by atoms with Crippen LogP contribution in [0.3, 0.4) is 0 Å². The lowest BCUT2D eigenvalue weighted by atomic mass is 10.5. The summed E-state index contributed by atoms with van der Waals surface area (Å²) in [7, 11) is 1.49. The van der Waals surface area contributed by atoms with E-state index in [4.69, 9.17) is 0 Å². The van der Waals surface area contributed by atoms with Gasteiger partial charge in [0.05, 0.1) is 6.20 Å². The molecule has 0 aromatic carbocycles.